The van der Waals surface area contributed by atoms with Crippen molar-refractivity contribution >= 4 is 11.8 Å². The number of Topliss-reactive ketones (excluding diaryl/α,β-unsaturated/α-hetero) is 1. The molecule has 0 aliphatic carbocycles. The highest BCUT2D eigenvalue weighted by Crippen LogP contribution is 2.39. The van der Waals surface area contributed by atoms with Gasteiger partial charge in [0.2, 0.25) is 17.1 Å². The van der Waals surface area contributed by atoms with E-state index in [0.717, 1.165) is 22.3 Å². The fourth-order valence-corrected chi connectivity index (χ4v) is 2.65. The molecule has 0 bridgehead atoms. The van der Waals surface area contributed by atoms with Crippen LogP contribution in [0.15, 0.2) is 69.0 Å². The third kappa shape index (κ3) is 7.80. The molecular formula is C25H25N5O3. The Hall–Kier alpha value is -4.14. The zero-order valence-corrected chi connectivity index (χ0v) is 18.5. The Bertz CT molecular complexity index is 1120. The van der Waals surface area contributed by atoms with E-state index in [0.29, 0.717) is 19.4 Å². The van der Waals surface area contributed by atoms with E-state index in [1.807, 2.05) is 62.4 Å². The van der Waals surface area contributed by atoms with Crippen LogP contribution in [0.25, 0.3) is 0 Å². The fourth-order valence-electron chi connectivity index (χ4n) is 2.65. The summed E-state index contributed by atoms with van der Waals surface area (Å²) in [5.74, 6) is 2.19. The zero-order chi connectivity index (χ0) is 24.5. The number of carbonyl (C=O) groups is 2. The molecule has 2 aliphatic rings. The molecule has 0 fully saturated rings. The van der Waals surface area contributed by atoms with Crippen LogP contribution >= 0.6 is 0 Å². The number of nitrogens with two attached hydrogens (primary N) is 1. The molecule has 2 aliphatic heterocycles. The predicted molar refractivity (Wildman–Crippen MR) is 124 cm³/mol. The van der Waals surface area contributed by atoms with Crippen molar-refractivity contribution in [1.29, 1.82) is 0 Å². The van der Waals surface area contributed by atoms with Gasteiger partial charge in [0.05, 0.1) is 0 Å². The number of benzene rings is 2. The van der Waals surface area contributed by atoms with Gasteiger partial charge in [-0.1, -0.05) is 48.5 Å². The van der Waals surface area contributed by atoms with Crippen molar-refractivity contribution in [1.82, 2.24) is 0 Å². The smallest absolute Gasteiger partial charge is 0.381 e. The molecule has 3 N–H and O–H groups in total. The molecule has 168 valence electrons. The molecule has 2 aromatic rings. The van der Waals surface area contributed by atoms with Gasteiger partial charge < -0.3 is 10.8 Å². The molecule has 0 saturated heterocycles. The van der Waals surface area contributed by atoms with E-state index < -0.39 is 5.97 Å². The van der Waals surface area contributed by atoms with Crippen LogP contribution in [0.3, 0.4) is 0 Å². The lowest BCUT2D eigenvalue weighted by Crippen LogP contribution is -2.02. The van der Waals surface area contributed by atoms with Gasteiger partial charge in [0.25, 0.3) is 0 Å². The third-order valence-corrected chi connectivity index (χ3v) is 4.96. The molecule has 4 rings (SSSR count). The maximum atomic E-state index is 11.0. The van der Waals surface area contributed by atoms with Gasteiger partial charge in [-0.2, -0.15) is 20.5 Å². The number of rotatable bonds is 6. The molecule has 0 aromatic heterocycles. The highest BCUT2D eigenvalue weighted by molar-refractivity contribution is 5.94. The average Bonchev–Trinajstić information content (AvgIpc) is 3.77. The number of aliphatic carboxylic acids is 1. The Morgan fingerprint density at radius 2 is 1.24 bits per heavy atom. The van der Waals surface area contributed by atoms with E-state index in [2.05, 4.69) is 32.8 Å². The van der Waals surface area contributed by atoms with Crippen LogP contribution in [0.4, 0.5) is 0 Å². The molecule has 8 heteroatoms. The average molecular weight is 444 g/mol. The van der Waals surface area contributed by atoms with E-state index in [1.165, 1.54) is 5.92 Å². The van der Waals surface area contributed by atoms with Gasteiger partial charge in [0.1, 0.15) is 0 Å². The first-order chi connectivity index (χ1) is 15.7. The third-order valence-electron chi connectivity index (χ3n) is 4.96. The second-order valence-electron chi connectivity index (χ2n) is 7.56. The SMILES string of the molecule is C#CC(=O)CCc1ccc(C2(C)N=N2)cc1.C#CC(=O)O.CC1(c2ccc(CN)cc2)N=N1. The number of aryl methyl sites for hydroxylation is 1. The fraction of sp³-hybridized carbons (Fsp3) is 0.280. The van der Waals surface area contributed by atoms with Crippen molar-refractivity contribution in [3.8, 4) is 24.7 Å². The van der Waals surface area contributed by atoms with Crippen LogP contribution in [0.1, 0.15) is 42.5 Å². The summed E-state index contributed by atoms with van der Waals surface area (Å²) in [4.78, 5) is 20.1. The quantitative estimate of drug-likeness (QED) is 0.517. The van der Waals surface area contributed by atoms with E-state index in [1.54, 1.807) is 0 Å². The highest BCUT2D eigenvalue weighted by atomic mass is 16.4. The summed E-state index contributed by atoms with van der Waals surface area (Å²) in [6.45, 7) is 4.54. The predicted octanol–water partition coefficient (Wildman–Crippen LogP) is 3.95. The van der Waals surface area contributed by atoms with Gasteiger partial charge >= 0.3 is 5.97 Å². The van der Waals surface area contributed by atoms with Crippen molar-refractivity contribution in [3.63, 3.8) is 0 Å². The summed E-state index contributed by atoms with van der Waals surface area (Å²) in [6.07, 6.45) is 10.4. The van der Waals surface area contributed by atoms with Gasteiger partial charge in [-0.05, 0) is 37.3 Å². The van der Waals surface area contributed by atoms with Gasteiger partial charge in [0, 0.05) is 30.0 Å². The Labute approximate surface area is 193 Å². The first-order valence-electron chi connectivity index (χ1n) is 10.1. The molecule has 0 atom stereocenters. The summed E-state index contributed by atoms with van der Waals surface area (Å²) in [6, 6.07) is 16.1. The molecule has 8 nitrogen and oxygen atoms in total. The van der Waals surface area contributed by atoms with Crippen LogP contribution in [-0.4, -0.2) is 16.9 Å². The number of hydrogen-bond acceptors (Lipinski definition) is 7. The van der Waals surface area contributed by atoms with Gasteiger partial charge in [-0.15, -0.1) is 12.8 Å². The Balaban J connectivity index is 0.000000200. The molecule has 0 saturated carbocycles. The minimum atomic E-state index is -1.22. The summed E-state index contributed by atoms with van der Waals surface area (Å²) >= 11 is 0. The van der Waals surface area contributed by atoms with E-state index in [4.69, 9.17) is 22.1 Å². The second kappa shape index (κ2) is 10.9. The molecule has 2 aromatic carbocycles. The number of terminal acetylenes is 2. The second-order valence-corrected chi connectivity index (χ2v) is 7.56. The molecule has 0 radical (unpaired) electrons. The molecule has 0 spiro atoms. The van der Waals surface area contributed by atoms with Crippen molar-refractivity contribution in [3.05, 3.63) is 70.8 Å². The van der Waals surface area contributed by atoms with Crippen molar-refractivity contribution in [2.24, 2.45) is 26.2 Å². The lowest BCUT2D eigenvalue weighted by Gasteiger charge is -2.05. The number of nitrogens with zero attached hydrogens (tertiary/aromatic N) is 4. The minimum Gasteiger partial charge on any atom is -0.472 e. The van der Waals surface area contributed by atoms with Gasteiger partial charge in [0.15, 0.2) is 0 Å². The molecule has 33 heavy (non-hydrogen) atoms. The van der Waals surface area contributed by atoms with Crippen LogP contribution in [0, 0.1) is 24.7 Å². The van der Waals surface area contributed by atoms with Crippen molar-refractivity contribution in [2.45, 2.75) is 44.6 Å². The summed E-state index contributed by atoms with van der Waals surface area (Å²) in [5.41, 5.74) is 9.37. The number of ketones is 1. The lowest BCUT2D eigenvalue weighted by atomic mass is 10.0. The molecule has 2 heterocycles. The topological polar surface area (TPSA) is 130 Å². The number of carboxylic acids is 1. The minimum absolute atomic E-state index is 0.150. The van der Waals surface area contributed by atoms with Crippen LogP contribution in [-0.2, 0) is 33.9 Å². The normalized spacial score (nSPS) is 14.8. The molecule has 0 amide bonds. The van der Waals surface area contributed by atoms with Gasteiger partial charge in [-0.25, -0.2) is 4.79 Å². The van der Waals surface area contributed by atoms with E-state index in [-0.39, 0.29) is 17.1 Å². The summed E-state index contributed by atoms with van der Waals surface area (Å²) in [7, 11) is 0. The standard InChI is InChI=1S/C13H12N2O.C9H11N3.C3H2O2/c1-3-12(16)9-6-10-4-7-11(8-5-10)13(2)14-15-13;1-9(11-12-9)8-4-2-7(6-10)3-5-8;1-2-3(4)5/h1,4-5,7-8H,6,9H2,2H3;2-5H,6,10H2,1H3;1H,(H,4,5). The van der Waals surface area contributed by atoms with Crippen LogP contribution in [0.5, 0.6) is 0 Å². The van der Waals surface area contributed by atoms with Crippen molar-refractivity contribution < 1.29 is 14.7 Å². The Morgan fingerprint density at radius 3 is 1.55 bits per heavy atom. The highest BCUT2D eigenvalue weighted by Gasteiger charge is 2.36. The number of hydrogen-bond donors (Lipinski definition) is 2. The van der Waals surface area contributed by atoms with Crippen LogP contribution in [0.2, 0.25) is 0 Å². The summed E-state index contributed by atoms with van der Waals surface area (Å²) in [5, 5.41) is 23.3. The number of carboxylic acid groups (broad SMARTS) is 1. The maximum Gasteiger partial charge on any atom is 0.381 e. The molecular weight excluding hydrogens is 418 g/mol. The molecule has 0 unspecified atom stereocenters. The first kappa shape index (κ1) is 25.1. The largest absolute Gasteiger partial charge is 0.472 e. The van der Waals surface area contributed by atoms with Crippen molar-refractivity contribution in [2.75, 3.05) is 0 Å². The zero-order valence-electron chi connectivity index (χ0n) is 18.5. The van der Waals surface area contributed by atoms with E-state index in [9.17, 15) is 4.79 Å². The van der Waals surface area contributed by atoms with Crippen LogP contribution < -0.4 is 5.73 Å². The summed E-state index contributed by atoms with van der Waals surface area (Å²) < 4.78 is 0. The first-order valence-corrected chi connectivity index (χ1v) is 10.1. The van der Waals surface area contributed by atoms with Gasteiger partial charge in [-0.3, -0.25) is 4.79 Å². The van der Waals surface area contributed by atoms with E-state index >= 15 is 0 Å². The Kier molecular flexibility index (Phi) is 8.33. The Morgan fingerprint density at radius 1 is 0.848 bits per heavy atom. The maximum absolute atomic E-state index is 11.0. The monoisotopic (exact) mass is 443 g/mol. The lowest BCUT2D eigenvalue weighted by molar-refractivity contribution is -0.130. The number of carbonyl (C=O) groups excluding carboxylic acids is 1.